The first kappa shape index (κ1) is 40.5. The smallest absolute Gasteiger partial charge is 0.311 e. The molecule has 16 nitrogen and oxygen atoms in total. The van der Waals surface area contributed by atoms with Crippen LogP contribution in [0.25, 0.3) is 0 Å². The van der Waals surface area contributed by atoms with Crippen LogP contribution in [-0.4, -0.2) is 112 Å². The average molecular weight is 682 g/mol. The third-order valence-corrected chi connectivity index (χ3v) is 7.66. The Labute approximate surface area is 280 Å². The highest BCUT2D eigenvalue weighted by molar-refractivity contribution is 5.89. The summed E-state index contributed by atoms with van der Waals surface area (Å²) in [5.74, 6) is -3.10. The summed E-state index contributed by atoms with van der Waals surface area (Å²) < 4.78 is 22.1. The summed E-state index contributed by atoms with van der Waals surface area (Å²) in [6.45, 7) is 5.57. The van der Waals surface area contributed by atoms with Crippen LogP contribution in [0.4, 0.5) is 0 Å². The minimum atomic E-state index is -1.65. The van der Waals surface area contributed by atoms with Crippen LogP contribution < -0.4 is 21.5 Å². The zero-order valence-electron chi connectivity index (χ0n) is 28.1. The van der Waals surface area contributed by atoms with Gasteiger partial charge in [0.1, 0.15) is 42.8 Å². The van der Waals surface area contributed by atoms with Gasteiger partial charge < -0.3 is 50.8 Å². The molecule has 1 unspecified atom stereocenters. The first-order valence-electron chi connectivity index (χ1n) is 16.3. The van der Waals surface area contributed by atoms with E-state index >= 15 is 0 Å². The lowest BCUT2D eigenvalue weighted by Gasteiger charge is -2.44. The molecule has 270 valence electrons. The zero-order valence-corrected chi connectivity index (χ0v) is 28.1. The molecule has 1 aromatic rings. The number of ether oxygens (including phenoxy) is 4. The molecule has 2 heterocycles. The van der Waals surface area contributed by atoms with E-state index in [1.807, 2.05) is 0 Å². The summed E-state index contributed by atoms with van der Waals surface area (Å²) in [5, 5.41) is 24.5. The molecule has 0 aliphatic carbocycles. The topological polar surface area (TPSA) is 243 Å². The summed E-state index contributed by atoms with van der Waals surface area (Å²) in [6, 6.07) is -0.495. The fraction of sp³-hybridized carbons (Fsp3) is 0.688. The lowest BCUT2D eigenvalue weighted by atomic mass is 9.96. The van der Waals surface area contributed by atoms with Crippen molar-refractivity contribution >= 4 is 29.7 Å². The lowest BCUT2D eigenvalue weighted by Crippen LogP contribution is -2.65. The zero-order chi connectivity index (χ0) is 35.8. The molecule has 48 heavy (non-hydrogen) atoms. The number of primary amides is 1. The maximum absolute atomic E-state index is 13.2. The number of pyridine rings is 1. The van der Waals surface area contributed by atoms with Crippen LogP contribution in [0.5, 0.6) is 5.75 Å². The number of carbonyl (C=O) groups is 5. The van der Waals surface area contributed by atoms with Crippen molar-refractivity contribution in [1.29, 1.82) is 0 Å². The second-order valence-electron chi connectivity index (χ2n) is 11.9. The molecular weight excluding hydrogens is 630 g/mol. The molecule has 0 bridgehead atoms. The first-order chi connectivity index (χ1) is 22.7. The van der Waals surface area contributed by atoms with E-state index in [9.17, 15) is 34.2 Å². The highest BCUT2D eigenvalue weighted by Gasteiger charge is 2.47. The van der Waals surface area contributed by atoms with E-state index in [2.05, 4.69) is 17.2 Å². The van der Waals surface area contributed by atoms with Crippen molar-refractivity contribution in [3.05, 3.63) is 24.5 Å². The van der Waals surface area contributed by atoms with Crippen molar-refractivity contribution in [3.8, 4) is 5.75 Å². The number of aromatic nitrogens is 1. The maximum atomic E-state index is 13.2. The molecular formula is C32H51N5O11. The van der Waals surface area contributed by atoms with Crippen molar-refractivity contribution in [1.82, 2.24) is 15.2 Å². The van der Waals surface area contributed by atoms with E-state index in [0.29, 0.717) is 6.42 Å². The summed E-state index contributed by atoms with van der Waals surface area (Å²) in [4.78, 5) is 67.5. The third kappa shape index (κ3) is 13.4. The molecule has 1 saturated heterocycles. The van der Waals surface area contributed by atoms with Crippen LogP contribution in [0.3, 0.4) is 0 Å². The first-order valence-corrected chi connectivity index (χ1v) is 16.3. The lowest BCUT2D eigenvalue weighted by molar-refractivity contribution is -0.269. The number of nitrogens with one attached hydrogen (secondary N) is 1. The quantitative estimate of drug-likeness (QED) is 0.0904. The monoisotopic (exact) mass is 681 g/mol. The molecule has 0 aromatic carbocycles. The number of amides is 3. The van der Waals surface area contributed by atoms with Crippen LogP contribution in [0.15, 0.2) is 24.5 Å². The molecule has 7 N–H and O–H groups in total. The van der Waals surface area contributed by atoms with Gasteiger partial charge in [-0.15, -0.1) is 0 Å². The Morgan fingerprint density at radius 1 is 1.08 bits per heavy atom. The van der Waals surface area contributed by atoms with Gasteiger partial charge in [0.15, 0.2) is 6.29 Å². The molecule has 1 aliphatic heterocycles. The second kappa shape index (κ2) is 20.6. The number of carbonyl (C=O) groups excluding carboxylic acids is 5. The van der Waals surface area contributed by atoms with Crippen LogP contribution in [0, 0.1) is 0 Å². The molecule has 1 aromatic heterocycles. The number of esters is 2. The molecule has 8 atom stereocenters. The fourth-order valence-electron chi connectivity index (χ4n) is 5.26. The van der Waals surface area contributed by atoms with Gasteiger partial charge in [0.2, 0.25) is 17.7 Å². The van der Waals surface area contributed by atoms with Gasteiger partial charge in [-0.3, -0.25) is 29.0 Å². The Morgan fingerprint density at radius 2 is 1.79 bits per heavy atom. The maximum Gasteiger partial charge on any atom is 0.311 e. The van der Waals surface area contributed by atoms with Gasteiger partial charge in [0.25, 0.3) is 0 Å². The van der Waals surface area contributed by atoms with Crippen LogP contribution in [0.2, 0.25) is 0 Å². The number of aliphatic hydroxyl groups excluding tert-OH is 2. The molecule has 0 saturated carbocycles. The predicted octanol–water partition coefficient (Wildman–Crippen LogP) is 0.0571. The van der Waals surface area contributed by atoms with E-state index < -0.39 is 78.5 Å². The van der Waals surface area contributed by atoms with Crippen LogP contribution in [-0.2, 0) is 38.2 Å². The molecule has 3 amide bonds. The van der Waals surface area contributed by atoms with Crippen molar-refractivity contribution < 1.29 is 53.1 Å². The van der Waals surface area contributed by atoms with Crippen molar-refractivity contribution in [2.24, 2.45) is 11.5 Å². The third-order valence-electron chi connectivity index (χ3n) is 7.66. The van der Waals surface area contributed by atoms with E-state index in [1.54, 1.807) is 6.07 Å². The number of nitrogens with zero attached hydrogens (tertiary/aromatic N) is 2. The standard InChI is InChI=1S/C32H51N5O11/c1-5-6-7-8-9-12-25(39)45-18-24-28(41)29(27(32(44)48-24)36-21(4)38)46-19(2)17-37(31(43)20(3)33)23(30(34)42)13-14-26(40)47-22-11-10-15-35-16-22/h10-11,15-16,19-20,23-24,27-29,32,41,44H,5-9,12-14,17-18,33H2,1-4H3,(H2,34,42)(H,36,38)/t19?,20-,23+,24+,27+,28+,29+,32-/m0/s1. The van der Waals surface area contributed by atoms with E-state index in [4.69, 9.17) is 30.4 Å². The van der Waals surface area contributed by atoms with Gasteiger partial charge in [0, 0.05) is 32.5 Å². The van der Waals surface area contributed by atoms with Gasteiger partial charge in [-0.1, -0.05) is 32.6 Å². The van der Waals surface area contributed by atoms with Crippen molar-refractivity contribution in [3.63, 3.8) is 0 Å². The van der Waals surface area contributed by atoms with E-state index in [-0.39, 0.29) is 38.2 Å². The van der Waals surface area contributed by atoms with Crippen molar-refractivity contribution in [2.75, 3.05) is 13.2 Å². The Hall–Kier alpha value is -3.70. The van der Waals surface area contributed by atoms with Gasteiger partial charge in [-0.25, -0.2) is 0 Å². The second-order valence-corrected chi connectivity index (χ2v) is 11.9. The molecule has 2 rings (SSSR count). The predicted molar refractivity (Wildman–Crippen MR) is 171 cm³/mol. The normalized spacial score (nSPS) is 22.5. The van der Waals surface area contributed by atoms with E-state index in [1.165, 1.54) is 39.2 Å². The molecule has 1 aliphatic rings. The molecule has 16 heteroatoms. The van der Waals surface area contributed by atoms with Gasteiger partial charge >= 0.3 is 11.9 Å². The minimum absolute atomic E-state index is 0.187. The largest absolute Gasteiger partial charge is 0.463 e. The van der Waals surface area contributed by atoms with E-state index in [0.717, 1.165) is 30.6 Å². The fourth-order valence-corrected chi connectivity index (χ4v) is 5.26. The molecule has 0 spiro atoms. The number of nitrogens with two attached hydrogens (primary N) is 2. The average Bonchev–Trinajstić information content (AvgIpc) is 3.02. The van der Waals surface area contributed by atoms with Crippen molar-refractivity contribution in [2.45, 2.75) is 128 Å². The Kier molecular flexibility index (Phi) is 17.4. The number of aliphatic hydroxyl groups is 2. The number of unbranched alkanes of at least 4 members (excludes halogenated alkanes) is 4. The number of hydrogen-bond donors (Lipinski definition) is 5. The summed E-state index contributed by atoms with van der Waals surface area (Å²) in [5.41, 5.74) is 11.5. The molecule has 1 fully saturated rings. The Bertz CT molecular complexity index is 1190. The SMILES string of the molecule is CCCCCCCC(=O)OC[C@H]1O[C@H](O)[C@H](NC(C)=O)[C@@H](OC(C)CN(C(=O)[C@H](C)N)[C@H](CCC(=O)Oc2cccnc2)C(N)=O)[C@@H]1O. The molecule has 0 radical (unpaired) electrons. The van der Waals surface area contributed by atoms with Gasteiger partial charge in [-0.05, 0) is 38.8 Å². The number of hydrogen-bond acceptors (Lipinski definition) is 13. The Morgan fingerprint density at radius 3 is 2.40 bits per heavy atom. The van der Waals surface area contributed by atoms with Crippen LogP contribution in [0.1, 0.15) is 79.1 Å². The summed E-state index contributed by atoms with van der Waals surface area (Å²) >= 11 is 0. The Balaban J connectivity index is 2.15. The highest BCUT2D eigenvalue weighted by atomic mass is 16.6. The summed E-state index contributed by atoms with van der Waals surface area (Å²) in [6.07, 6.45) is 0.612. The number of rotatable bonds is 20. The van der Waals surface area contributed by atoms with Crippen LogP contribution >= 0.6 is 0 Å². The summed E-state index contributed by atoms with van der Waals surface area (Å²) in [7, 11) is 0. The minimum Gasteiger partial charge on any atom is -0.463 e. The van der Waals surface area contributed by atoms with Gasteiger partial charge in [-0.2, -0.15) is 0 Å². The van der Waals surface area contributed by atoms with Gasteiger partial charge in [0.05, 0.1) is 18.3 Å². The highest BCUT2D eigenvalue weighted by Crippen LogP contribution is 2.25.